The van der Waals surface area contributed by atoms with Gasteiger partial charge < -0.3 is 24.5 Å². The number of rotatable bonds is 2. The Hall–Kier alpha value is -3.41. The summed E-state index contributed by atoms with van der Waals surface area (Å²) in [7, 11) is 0. The number of hydrogen-bond donors (Lipinski definition) is 3. The van der Waals surface area contributed by atoms with Gasteiger partial charge in [-0.15, -0.1) is 6.58 Å². The van der Waals surface area contributed by atoms with Crippen LogP contribution >= 0.6 is 0 Å². The van der Waals surface area contributed by atoms with Crippen molar-refractivity contribution in [3.8, 4) is 23.0 Å². The van der Waals surface area contributed by atoms with Gasteiger partial charge in [0.05, 0.1) is 5.39 Å². The lowest BCUT2D eigenvalue weighted by atomic mass is 9.79. The summed E-state index contributed by atoms with van der Waals surface area (Å²) in [6, 6.07) is 2.55. The highest BCUT2D eigenvalue weighted by Gasteiger charge is 2.35. The van der Waals surface area contributed by atoms with Gasteiger partial charge in [-0.05, 0) is 32.1 Å². The van der Waals surface area contributed by atoms with Gasteiger partial charge in [-0.1, -0.05) is 26.0 Å². The van der Waals surface area contributed by atoms with Crippen molar-refractivity contribution >= 4 is 28.0 Å². The molecule has 2 aromatic carbocycles. The van der Waals surface area contributed by atoms with Crippen LogP contribution in [0.4, 0.5) is 0 Å². The number of allylic oxidation sites excluding steroid dienone is 1. The number of aromatic hydroxyl groups is 3. The average molecular weight is 394 g/mol. The first-order chi connectivity index (χ1) is 13.5. The molecule has 0 spiro atoms. The summed E-state index contributed by atoms with van der Waals surface area (Å²) in [5.41, 5.74) is -0.753. The van der Waals surface area contributed by atoms with Gasteiger partial charge in [-0.3, -0.25) is 4.79 Å². The Morgan fingerprint density at radius 3 is 2.45 bits per heavy atom. The van der Waals surface area contributed by atoms with Crippen molar-refractivity contribution in [1.29, 1.82) is 0 Å². The van der Waals surface area contributed by atoms with Gasteiger partial charge in [0, 0.05) is 16.5 Å². The van der Waals surface area contributed by atoms with E-state index in [1.165, 1.54) is 12.1 Å². The average Bonchev–Trinajstić information content (AvgIpc) is 2.65. The summed E-state index contributed by atoms with van der Waals surface area (Å²) in [5, 5.41) is 31.1. The lowest BCUT2D eigenvalue weighted by molar-refractivity contribution is 0.153. The van der Waals surface area contributed by atoms with E-state index in [9.17, 15) is 20.1 Å². The zero-order valence-electron chi connectivity index (χ0n) is 16.7. The highest BCUT2D eigenvalue weighted by molar-refractivity contribution is 6.01. The Morgan fingerprint density at radius 1 is 1.10 bits per heavy atom. The minimum Gasteiger partial charge on any atom is -0.504 e. The van der Waals surface area contributed by atoms with E-state index in [1.807, 2.05) is 39.8 Å². The third-order valence-electron chi connectivity index (χ3n) is 5.38. The molecule has 1 aromatic heterocycles. The molecular weight excluding hydrogens is 372 g/mol. The van der Waals surface area contributed by atoms with Crippen molar-refractivity contribution in [2.75, 3.05) is 0 Å². The Labute approximate surface area is 167 Å². The predicted octanol–water partition coefficient (Wildman–Crippen LogP) is 4.71. The van der Waals surface area contributed by atoms with Gasteiger partial charge in [-0.25, -0.2) is 0 Å². The lowest BCUT2D eigenvalue weighted by Crippen LogP contribution is -2.29. The van der Waals surface area contributed by atoms with Crippen LogP contribution in [-0.2, 0) is 5.41 Å². The second kappa shape index (κ2) is 5.80. The number of fused-ring (bicyclic) bond motifs is 3. The third-order valence-corrected chi connectivity index (χ3v) is 5.38. The molecule has 0 bridgehead atoms. The summed E-state index contributed by atoms with van der Waals surface area (Å²) in [5.74, 6) is -1.06. The van der Waals surface area contributed by atoms with E-state index >= 15 is 0 Å². The van der Waals surface area contributed by atoms with Crippen molar-refractivity contribution < 1.29 is 24.5 Å². The second-order valence-corrected chi connectivity index (χ2v) is 8.38. The van der Waals surface area contributed by atoms with Gasteiger partial charge in [0.15, 0.2) is 22.8 Å². The number of hydrogen-bond acceptors (Lipinski definition) is 6. The SMILES string of the molecule is C=CC(C)(C)c1c2c(c(O)c3c(=O)c4ccc(O)c(O)c4oc13)OC(C)(C)C=C2. The van der Waals surface area contributed by atoms with Crippen molar-refractivity contribution in [2.45, 2.75) is 38.7 Å². The molecule has 3 aromatic rings. The highest BCUT2D eigenvalue weighted by atomic mass is 16.5. The maximum absolute atomic E-state index is 13.3. The molecule has 29 heavy (non-hydrogen) atoms. The second-order valence-electron chi connectivity index (χ2n) is 8.38. The monoisotopic (exact) mass is 394 g/mol. The van der Waals surface area contributed by atoms with Crippen molar-refractivity contribution in [3.05, 3.63) is 52.2 Å². The topological polar surface area (TPSA) is 100 Å². The number of ether oxygens (including phenoxy) is 1. The maximum atomic E-state index is 13.3. The fourth-order valence-corrected chi connectivity index (χ4v) is 3.69. The molecule has 4 rings (SSSR count). The summed E-state index contributed by atoms with van der Waals surface area (Å²) < 4.78 is 12.0. The first-order valence-corrected chi connectivity index (χ1v) is 9.21. The fourth-order valence-electron chi connectivity index (χ4n) is 3.69. The van der Waals surface area contributed by atoms with Crippen LogP contribution in [-0.4, -0.2) is 20.9 Å². The Morgan fingerprint density at radius 2 is 1.79 bits per heavy atom. The van der Waals surface area contributed by atoms with E-state index in [2.05, 4.69) is 6.58 Å². The molecule has 0 fully saturated rings. The van der Waals surface area contributed by atoms with Crippen molar-refractivity contribution in [2.24, 2.45) is 0 Å². The summed E-state index contributed by atoms with van der Waals surface area (Å²) in [6.07, 6.45) is 5.38. The summed E-state index contributed by atoms with van der Waals surface area (Å²) >= 11 is 0. The van der Waals surface area contributed by atoms with Gasteiger partial charge in [-0.2, -0.15) is 0 Å². The zero-order valence-corrected chi connectivity index (χ0v) is 16.7. The number of phenolic OH excluding ortho intramolecular Hbond substituents is 3. The molecule has 150 valence electrons. The smallest absolute Gasteiger partial charge is 0.204 e. The van der Waals surface area contributed by atoms with Crippen LogP contribution in [0.15, 0.2) is 40.1 Å². The normalized spacial score (nSPS) is 15.3. The molecule has 6 nitrogen and oxygen atoms in total. The molecule has 1 aliphatic rings. The van der Waals surface area contributed by atoms with E-state index in [0.717, 1.165) is 0 Å². The first-order valence-electron chi connectivity index (χ1n) is 9.21. The van der Waals surface area contributed by atoms with Crippen LogP contribution in [0.3, 0.4) is 0 Å². The van der Waals surface area contributed by atoms with Crippen LogP contribution in [0, 0.1) is 0 Å². The minimum absolute atomic E-state index is 0.0380. The summed E-state index contributed by atoms with van der Waals surface area (Å²) in [4.78, 5) is 13.3. The van der Waals surface area contributed by atoms with Gasteiger partial charge in [0.2, 0.25) is 11.2 Å². The van der Waals surface area contributed by atoms with Gasteiger partial charge in [0.1, 0.15) is 16.6 Å². The minimum atomic E-state index is -0.672. The quantitative estimate of drug-likeness (QED) is 0.331. The van der Waals surface area contributed by atoms with Gasteiger partial charge >= 0.3 is 0 Å². The van der Waals surface area contributed by atoms with Crippen LogP contribution < -0.4 is 10.2 Å². The van der Waals surface area contributed by atoms with Crippen molar-refractivity contribution in [1.82, 2.24) is 0 Å². The van der Waals surface area contributed by atoms with Gasteiger partial charge in [0.25, 0.3) is 0 Å². The molecular formula is C23H22O6. The van der Waals surface area contributed by atoms with E-state index in [4.69, 9.17) is 9.15 Å². The Kier molecular flexibility index (Phi) is 3.78. The Balaban J connectivity index is 2.32. The molecule has 0 aliphatic carbocycles. The van der Waals surface area contributed by atoms with E-state index in [1.54, 1.807) is 6.08 Å². The van der Waals surface area contributed by atoms with Crippen LogP contribution in [0.5, 0.6) is 23.0 Å². The predicted molar refractivity (Wildman–Crippen MR) is 112 cm³/mol. The van der Waals surface area contributed by atoms with E-state index < -0.39 is 27.9 Å². The van der Waals surface area contributed by atoms with E-state index in [-0.39, 0.29) is 33.4 Å². The molecule has 0 atom stereocenters. The molecule has 0 amide bonds. The van der Waals surface area contributed by atoms with Crippen molar-refractivity contribution in [3.63, 3.8) is 0 Å². The van der Waals surface area contributed by atoms with E-state index in [0.29, 0.717) is 11.1 Å². The fraction of sp³-hybridized carbons (Fsp3) is 0.261. The number of benzene rings is 2. The lowest BCUT2D eigenvalue weighted by Gasteiger charge is -2.33. The Bertz CT molecular complexity index is 1290. The molecule has 6 heteroatoms. The molecule has 1 aliphatic heterocycles. The maximum Gasteiger partial charge on any atom is 0.204 e. The highest BCUT2D eigenvalue weighted by Crippen LogP contribution is 2.49. The van der Waals surface area contributed by atoms with Crippen LogP contribution in [0.1, 0.15) is 38.8 Å². The number of phenols is 3. The largest absolute Gasteiger partial charge is 0.504 e. The molecule has 2 heterocycles. The third kappa shape index (κ3) is 2.59. The first kappa shape index (κ1) is 18.9. The van der Waals surface area contributed by atoms with Crippen LogP contribution in [0.25, 0.3) is 28.0 Å². The molecule has 0 radical (unpaired) electrons. The van der Waals surface area contributed by atoms with Crippen LogP contribution in [0.2, 0.25) is 0 Å². The summed E-state index contributed by atoms with van der Waals surface area (Å²) in [6.45, 7) is 11.4. The molecule has 0 saturated heterocycles. The standard InChI is InChI=1S/C23H22O6/c1-6-22(2,3)15-11-9-10-23(4,5)29-20(11)18(27)14-16(25)12-7-8-13(24)17(26)19(12)28-21(14)15/h6-10,24,26-27H,1H2,2-5H3. The molecule has 3 N–H and O–H groups in total. The zero-order chi connectivity index (χ0) is 21.3. The molecule has 0 unspecified atom stereocenters. The molecule has 0 saturated carbocycles.